The number of aryl methyl sites for hydroxylation is 1. The predicted molar refractivity (Wildman–Crippen MR) is 112 cm³/mol. The van der Waals surface area contributed by atoms with Gasteiger partial charge in [0.25, 0.3) is 0 Å². The Morgan fingerprint density at radius 1 is 1.14 bits per heavy atom. The Balaban J connectivity index is 1.42. The van der Waals surface area contributed by atoms with E-state index in [1.54, 1.807) is 6.20 Å². The van der Waals surface area contributed by atoms with Gasteiger partial charge in [-0.2, -0.15) is 0 Å². The highest BCUT2D eigenvalue weighted by Crippen LogP contribution is 2.23. The van der Waals surface area contributed by atoms with E-state index in [4.69, 9.17) is 0 Å². The molecule has 1 aliphatic heterocycles. The number of anilines is 2. The van der Waals surface area contributed by atoms with Crippen molar-refractivity contribution in [3.05, 3.63) is 59.1 Å². The van der Waals surface area contributed by atoms with Gasteiger partial charge < -0.3 is 10.2 Å². The SMILES string of the molecule is Cc1nccn1-c1ccc(N2CCCC(C(=O)Nc3ccc(Br)cc3)C2)nn1. The second-order valence-corrected chi connectivity index (χ2v) is 7.79. The normalized spacial score (nSPS) is 16.8. The van der Waals surface area contributed by atoms with Crippen LogP contribution in [0, 0.1) is 12.8 Å². The van der Waals surface area contributed by atoms with Crippen LogP contribution in [0.2, 0.25) is 0 Å². The number of rotatable bonds is 4. The zero-order valence-electron chi connectivity index (χ0n) is 15.5. The number of carbonyl (C=O) groups excluding carboxylic acids is 1. The van der Waals surface area contributed by atoms with E-state index in [1.807, 2.05) is 54.1 Å². The standard InChI is InChI=1S/C20H21BrN6O/c1-14-22-10-12-27(14)19-9-8-18(24-25-19)26-11-2-3-15(13-26)20(28)23-17-6-4-16(21)5-7-17/h4-10,12,15H,2-3,11,13H2,1H3,(H,23,28). The van der Waals surface area contributed by atoms with Gasteiger partial charge in [-0.3, -0.25) is 9.36 Å². The third kappa shape index (κ3) is 4.06. The highest BCUT2D eigenvalue weighted by molar-refractivity contribution is 9.10. The van der Waals surface area contributed by atoms with Crippen LogP contribution in [0.1, 0.15) is 18.7 Å². The maximum Gasteiger partial charge on any atom is 0.229 e. The Labute approximate surface area is 171 Å². The number of hydrogen-bond acceptors (Lipinski definition) is 5. The van der Waals surface area contributed by atoms with Crippen LogP contribution in [0.4, 0.5) is 11.5 Å². The topological polar surface area (TPSA) is 75.9 Å². The van der Waals surface area contributed by atoms with Gasteiger partial charge in [-0.25, -0.2) is 4.98 Å². The molecule has 0 saturated carbocycles. The second-order valence-electron chi connectivity index (χ2n) is 6.88. The van der Waals surface area contributed by atoms with Crippen LogP contribution >= 0.6 is 15.9 Å². The fraction of sp³-hybridized carbons (Fsp3) is 0.300. The summed E-state index contributed by atoms with van der Waals surface area (Å²) in [7, 11) is 0. The van der Waals surface area contributed by atoms with Crippen molar-refractivity contribution in [3.63, 3.8) is 0 Å². The van der Waals surface area contributed by atoms with Gasteiger partial charge in [0.15, 0.2) is 11.6 Å². The van der Waals surface area contributed by atoms with E-state index in [1.165, 1.54) is 0 Å². The monoisotopic (exact) mass is 440 g/mol. The molecule has 1 aromatic carbocycles. The molecule has 0 aliphatic carbocycles. The third-order valence-electron chi connectivity index (χ3n) is 4.94. The molecule has 3 aromatic rings. The van der Waals surface area contributed by atoms with E-state index in [-0.39, 0.29) is 11.8 Å². The molecule has 8 heteroatoms. The Hall–Kier alpha value is -2.74. The summed E-state index contributed by atoms with van der Waals surface area (Å²) >= 11 is 3.41. The van der Waals surface area contributed by atoms with Crippen molar-refractivity contribution in [1.29, 1.82) is 0 Å². The maximum atomic E-state index is 12.7. The molecular weight excluding hydrogens is 420 g/mol. The van der Waals surface area contributed by atoms with Crippen molar-refractivity contribution in [3.8, 4) is 5.82 Å². The van der Waals surface area contributed by atoms with Crippen LogP contribution in [0.15, 0.2) is 53.3 Å². The molecule has 7 nitrogen and oxygen atoms in total. The largest absolute Gasteiger partial charge is 0.354 e. The highest BCUT2D eigenvalue weighted by atomic mass is 79.9. The predicted octanol–water partition coefficient (Wildman–Crippen LogP) is 3.59. The van der Waals surface area contributed by atoms with Crippen LogP contribution in [-0.2, 0) is 4.79 Å². The van der Waals surface area contributed by atoms with Gasteiger partial charge in [-0.1, -0.05) is 15.9 Å². The second kappa shape index (κ2) is 8.10. The van der Waals surface area contributed by atoms with Crippen LogP contribution in [0.3, 0.4) is 0 Å². The van der Waals surface area contributed by atoms with Gasteiger partial charge in [0, 0.05) is 35.6 Å². The number of piperidine rings is 1. The van der Waals surface area contributed by atoms with E-state index in [2.05, 4.69) is 41.3 Å². The summed E-state index contributed by atoms with van der Waals surface area (Å²) in [6.07, 6.45) is 5.42. The van der Waals surface area contributed by atoms with E-state index in [0.717, 1.165) is 47.0 Å². The van der Waals surface area contributed by atoms with Gasteiger partial charge in [0.05, 0.1) is 5.92 Å². The van der Waals surface area contributed by atoms with E-state index in [0.29, 0.717) is 6.54 Å². The number of carbonyl (C=O) groups is 1. The summed E-state index contributed by atoms with van der Waals surface area (Å²) in [6.45, 7) is 3.44. The third-order valence-corrected chi connectivity index (χ3v) is 5.47. The molecule has 1 unspecified atom stereocenters. The van der Waals surface area contributed by atoms with Gasteiger partial charge in [0.1, 0.15) is 5.82 Å². The molecule has 0 bridgehead atoms. The van der Waals surface area contributed by atoms with Crippen LogP contribution in [-0.4, -0.2) is 38.7 Å². The van der Waals surface area contributed by atoms with Crippen molar-refractivity contribution >= 4 is 33.3 Å². The maximum absolute atomic E-state index is 12.7. The quantitative estimate of drug-likeness (QED) is 0.670. The van der Waals surface area contributed by atoms with Crippen molar-refractivity contribution in [1.82, 2.24) is 19.7 Å². The van der Waals surface area contributed by atoms with Crippen molar-refractivity contribution in [2.24, 2.45) is 5.92 Å². The molecule has 1 aliphatic rings. The first-order chi connectivity index (χ1) is 13.6. The first-order valence-electron chi connectivity index (χ1n) is 9.25. The molecule has 3 heterocycles. The zero-order chi connectivity index (χ0) is 19.5. The summed E-state index contributed by atoms with van der Waals surface area (Å²) in [4.78, 5) is 19.0. The lowest BCUT2D eigenvalue weighted by Gasteiger charge is -2.32. The van der Waals surface area contributed by atoms with Crippen LogP contribution in [0.5, 0.6) is 0 Å². The lowest BCUT2D eigenvalue weighted by atomic mass is 9.97. The molecule has 0 radical (unpaired) electrons. The highest BCUT2D eigenvalue weighted by Gasteiger charge is 2.27. The molecule has 28 heavy (non-hydrogen) atoms. The number of nitrogens with one attached hydrogen (secondary N) is 1. The van der Waals surface area contributed by atoms with Gasteiger partial charge in [-0.05, 0) is 56.2 Å². The number of hydrogen-bond donors (Lipinski definition) is 1. The first-order valence-corrected chi connectivity index (χ1v) is 10.0. The van der Waals surface area contributed by atoms with E-state index >= 15 is 0 Å². The molecule has 2 aromatic heterocycles. The smallest absolute Gasteiger partial charge is 0.229 e. The summed E-state index contributed by atoms with van der Waals surface area (Å²) in [5, 5.41) is 11.7. The average Bonchev–Trinajstić information content (AvgIpc) is 3.16. The molecule has 0 spiro atoms. The number of imidazole rings is 1. The molecule has 1 fully saturated rings. The van der Waals surface area contributed by atoms with Gasteiger partial charge in [0.2, 0.25) is 5.91 Å². The van der Waals surface area contributed by atoms with Crippen LogP contribution in [0.25, 0.3) is 5.82 Å². The molecule has 144 valence electrons. The molecule has 1 amide bonds. The molecule has 1 atom stereocenters. The lowest BCUT2D eigenvalue weighted by molar-refractivity contribution is -0.120. The first kappa shape index (κ1) is 18.6. The van der Waals surface area contributed by atoms with Gasteiger partial charge in [-0.15, -0.1) is 10.2 Å². The summed E-state index contributed by atoms with van der Waals surface area (Å²) < 4.78 is 2.88. The molecular formula is C20H21BrN6O. The fourth-order valence-corrected chi connectivity index (χ4v) is 3.68. The molecule has 4 rings (SSSR count). The minimum absolute atomic E-state index is 0.0469. The molecule has 1 N–H and O–H groups in total. The number of amides is 1. The van der Waals surface area contributed by atoms with E-state index in [9.17, 15) is 4.79 Å². The summed E-state index contributed by atoms with van der Waals surface area (Å²) in [5.74, 6) is 2.37. The zero-order valence-corrected chi connectivity index (χ0v) is 17.1. The Morgan fingerprint density at radius 2 is 1.89 bits per heavy atom. The summed E-state index contributed by atoms with van der Waals surface area (Å²) in [6, 6.07) is 11.5. The van der Waals surface area contributed by atoms with Crippen LogP contribution < -0.4 is 10.2 Å². The average molecular weight is 441 g/mol. The Bertz CT molecular complexity index is 954. The van der Waals surface area contributed by atoms with Crippen molar-refractivity contribution in [2.75, 3.05) is 23.3 Å². The van der Waals surface area contributed by atoms with Gasteiger partial charge >= 0.3 is 0 Å². The number of nitrogens with zero attached hydrogens (tertiary/aromatic N) is 5. The minimum Gasteiger partial charge on any atom is -0.354 e. The fourth-order valence-electron chi connectivity index (χ4n) is 3.41. The van der Waals surface area contributed by atoms with E-state index < -0.39 is 0 Å². The van der Waals surface area contributed by atoms with Crippen molar-refractivity contribution in [2.45, 2.75) is 19.8 Å². The Morgan fingerprint density at radius 3 is 2.57 bits per heavy atom. The number of benzene rings is 1. The minimum atomic E-state index is -0.0743. The van der Waals surface area contributed by atoms with Crippen molar-refractivity contribution < 1.29 is 4.79 Å². The summed E-state index contributed by atoms with van der Waals surface area (Å²) in [5.41, 5.74) is 0.810. The lowest BCUT2D eigenvalue weighted by Crippen LogP contribution is -2.41. The molecule has 1 saturated heterocycles. The Kier molecular flexibility index (Phi) is 5.38. The number of aromatic nitrogens is 4. The number of halogens is 1.